The van der Waals surface area contributed by atoms with Crippen LogP contribution in [0.25, 0.3) is 5.13 Å². The lowest BCUT2D eigenvalue weighted by molar-refractivity contribution is -0.0585. The molecule has 1 aliphatic rings. The number of hydroxylamine groups is 2. The summed E-state index contributed by atoms with van der Waals surface area (Å²) in [6.45, 7) is 3.60. The predicted molar refractivity (Wildman–Crippen MR) is 93.3 cm³/mol. The maximum atomic E-state index is 12.6. The number of hydrogen-bond acceptors (Lipinski definition) is 6. The third-order valence-corrected chi connectivity index (χ3v) is 4.95. The lowest BCUT2D eigenvalue weighted by atomic mass is 10.1. The highest BCUT2D eigenvalue weighted by Gasteiger charge is 2.39. The lowest BCUT2D eigenvalue weighted by Gasteiger charge is -2.12. The van der Waals surface area contributed by atoms with E-state index >= 15 is 0 Å². The van der Waals surface area contributed by atoms with Gasteiger partial charge in [0.1, 0.15) is 0 Å². The number of nitrogens with zero attached hydrogens (tertiary/aromatic N) is 3. The predicted octanol–water partition coefficient (Wildman–Crippen LogP) is 2.92. The van der Waals surface area contributed by atoms with Gasteiger partial charge in [0.25, 0.3) is 11.8 Å². The Hall–Kier alpha value is -3.26. The van der Waals surface area contributed by atoms with E-state index in [4.69, 9.17) is 4.84 Å². The zero-order chi connectivity index (χ0) is 18.4. The van der Waals surface area contributed by atoms with Crippen LogP contribution in [0.15, 0.2) is 41.9 Å². The van der Waals surface area contributed by atoms with Crippen molar-refractivity contribution in [1.29, 1.82) is 0 Å². The van der Waals surface area contributed by atoms with Crippen molar-refractivity contribution in [3.05, 3.63) is 70.0 Å². The fourth-order valence-corrected chi connectivity index (χ4v) is 3.72. The zero-order valence-electron chi connectivity index (χ0n) is 13.9. The van der Waals surface area contributed by atoms with Crippen LogP contribution in [0.5, 0.6) is 0 Å². The summed E-state index contributed by atoms with van der Waals surface area (Å²) < 4.78 is 1.82. The first-order valence-electron chi connectivity index (χ1n) is 7.78. The number of benzene rings is 1. The lowest BCUT2D eigenvalue weighted by Crippen LogP contribution is -2.32. The van der Waals surface area contributed by atoms with E-state index < -0.39 is 17.8 Å². The Kier molecular flexibility index (Phi) is 3.69. The number of imide groups is 1. The minimum Gasteiger partial charge on any atom is -0.324 e. The van der Waals surface area contributed by atoms with Crippen LogP contribution in [-0.4, -0.2) is 32.4 Å². The molecule has 3 aromatic rings. The molecular weight excluding hydrogens is 354 g/mol. The average molecular weight is 367 g/mol. The molecule has 0 unspecified atom stereocenters. The highest BCUT2D eigenvalue weighted by atomic mass is 32.1. The minimum atomic E-state index is -0.768. The van der Waals surface area contributed by atoms with Gasteiger partial charge >= 0.3 is 5.97 Å². The Morgan fingerprint density at radius 1 is 1.12 bits per heavy atom. The molecule has 2 amide bonds. The van der Waals surface area contributed by atoms with E-state index in [9.17, 15) is 14.4 Å². The maximum Gasteiger partial charge on any atom is 0.365 e. The van der Waals surface area contributed by atoms with Gasteiger partial charge in [-0.05, 0) is 32.0 Å². The Balaban J connectivity index is 1.64. The molecule has 3 heterocycles. The van der Waals surface area contributed by atoms with Gasteiger partial charge < -0.3 is 4.84 Å². The van der Waals surface area contributed by atoms with E-state index in [0.717, 1.165) is 10.8 Å². The van der Waals surface area contributed by atoms with Crippen molar-refractivity contribution in [1.82, 2.24) is 14.6 Å². The van der Waals surface area contributed by atoms with Crippen molar-refractivity contribution in [2.45, 2.75) is 13.8 Å². The molecule has 0 aliphatic carbocycles. The maximum absolute atomic E-state index is 12.6. The van der Waals surface area contributed by atoms with E-state index in [1.807, 2.05) is 16.9 Å². The summed E-state index contributed by atoms with van der Waals surface area (Å²) in [6, 6.07) is 8.00. The van der Waals surface area contributed by atoms with Crippen LogP contribution in [0.1, 0.15) is 42.5 Å². The molecule has 0 N–H and O–H groups in total. The largest absolute Gasteiger partial charge is 0.365 e. The normalized spacial score (nSPS) is 13.2. The summed E-state index contributed by atoms with van der Waals surface area (Å²) in [4.78, 5) is 46.6. The van der Waals surface area contributed by atoms with Gasteiger partial charge in [-0.3, -0.25) is 14.2 Å². The van der Waals surface area contributed by atoms with Gasteiger partial charge in [0.15, 0.2) is 5.13 Å². The molecular formula is C18H13N3O4S. The molecule has 0 bridgehead atoms. The fourth-order valence-electron chi connectivity index (χ4n) is 2.97. The Bertz CT molecular complexity index is 1020. The molecule has 1 aliphatic heterocycles. The molecule has 0 radical (unpaired) electrons. The molecule has 0 atom stereocenters. The van der Waals surface area contributed by atoms with Crippen molar-refractivity contribution in [3.63, 3.8) is 0 Å². The van der Waals surface area contributed by atoms with Crippen molar-refractivity contribution in [3.8, 4) is 5.13 Å². The van der Waals surface area contributed by atoms with Crippen molar-refractivity contribution >= 4 is 29.1 Å². The third kappa shape index (κ3) is 2.34. The number of fused-ring (bicyclic) bond motifs is 1. The smallest absolute Gasteiger partial charge is 0.324 e. The summed E-state index contributed by atoms with van der Waals surface area (Å²) in [6.07, 6.45) is 1.68. The van der Waals surface area contributed by atoms with E-state index in [0.29, 0.717) is 10.8 Å². The molecule has 0 spiro atoms. The molecule has 1 aromatic carbocycles. The SMILES string of the molecule is Cc1cc(C(=O)ON2C(=O)c3ccccc3C2=O)c(C)n1-c1nccs1. The standard InChI is InChI=1S/C18H13N3O4S/c1-10-9-14(11(2)20(10)18-19-7-8-26-18)17(24)25-21-15(22)12-5-3-4-6-13(12)16(21)23/h3-9H,1-2H3. The van der Waals surface area contributed by atoms with Gasteiger partial charge in [-0.15, -0.1) is 11.3 Å². The first-order valence-corrected chi connectivity index (χ1v) is 8.66. The monoisotopic (exact) mass is 367 g/mol. The second-order valence-corrected chi connectivity index (χ2v) is 6.64. The van der Waals surface area contributed by atoms with E-state index in [-0.39, 0.29) is 16.7 Å². The van der Waals surface area contributed by atoms with Crippen molar-refractivity contribution < 1.29 is 19.2 Å². The molecule has 130 valence electrons. The number of carbonyl (C=O) groups is 3. The van der Waals surface area contributed by atoms with Crippen LogP contribution >= 0.6 is 11.3 Å². The summed E-state index contributed by atoms with van der Waals surface area (Å²) in [7, 11) is 0. The van der Waals surface area contributed by atoms with Crippen LogP contribution in [0.4, 0.5) is 0 Å². The second kappa shape index (κ2) is 5.92. The number of hydrogen-bond donors (Lipinski definition) is 0. The van der Waals surface area contributed by atoms with Crippen LogP contribution < -0.4 is 0 Å². The molecule has 0 fully saturated rings. The molecule has 0 saturated carbocycles. The van der Waals surface area contributed by atoms with Gasteiger partial charge in [0.2, 0.25) is 0 Å². The summed E-state index contributed by atoms with van der Waals surface area (Å²) in [5.41, 5.74) is 2.14. The summed E-state index contributed by atoms with van der Waals surface area (Å²) in [5, 5.41) is 3.08. The first-order chi connectivity index (χ1) is 12.5. The number of rotatable bonds is 3. The van der Waals surface area contributed by atoms with Gasteiger partial charge in [0, 0.05) is 23.0 Å². The number of carbonyl (C=O) groups excluding carboxylic acids is 3. The molecule has 7 nitrogen and oxygen atoms in total. The van der Waals surface area contributed by atoms with Gasteiger partial charge in [-0.25, -0.2) is 9.78 Å². The quantitative estimate of drug-likeness (QED) is 0.665. The second-order valence-electron chi connectivity index (χ2n) is 5.76. The molecule has 8 heteroatoms. The summed E-state index contributed by atoms with van der Waals surface area (Å²) >= 11 is 1.44. The van der Waals surface area contributed by atoms with E-state index in [2.05, 4.69) is 4.98 Å². The number of amides is 2. The van der Waals surface area contributed by atoms with Gasteiger partial charge in [-0.2, -0.15) is 0 Å². The van der Waals surface area contributed by atoms with Crippen LogP contribution in [-0.2, 0) is 4.84 Å². The van der Waals surface area contributed by atoms with Crippen LogP contribution in [0, 0.1) is 13.8 Å². The van der Waals surface area contributed by atoms with Crippen molar-refractivity contribution in [2.75, 3.05) is 0 Å². The molecule has 4 rings (SSSR count). The van der Waals surface area contributed by atoms with Gasteiger partial charge in [0.05, 0.1) is 16.7 Å². The Labute approximate surface area is 152 Å². The van der Waals surface area contributed by atoms with E-state index in [1.165, 1.54) is 23.5 Å². The molecule has 26 heavy (non-hydrogen) atoms. The Morgan fingerprint density at radius 2 is 1.77 bits per heavy atom. The molecule has 2 aromatic heterocycles. The topological polar surface area (TPSA) is 81.5 Å². The minimum absolute atomic E-state index is 0.221. The molecule has 0 saturated heterocycles. The van der Waals surface area contributed by atoms with Crippen LogP contribution in [0.3, 0.4) is 0 Å². The number of thiazole rings is 1. The Morgan fingerprint density at radius 3 is 2.35 bits per heavy atom. The first kappa shape index (κ1) is 16.2. The van der Waals surface area contributed by atoms with Crippen LogP contribution in [0.2, 0.25) is 0 Å². The highest BCUT2D eigenvalue weighted by molar-refractivity contribution is 7.12. The van der Waals surface area contributed by atoms with Gasteiger partial charge in [-0.1, -0.05) is 17.2 Å². The fraction of sp³-hybridized carbons (Fsp3) is 0.111. The average Bonchev–Trinajstić information content (AvgIpc) is 3.31. The number of aromatic nitrogens is 2. The van der Waals surface area contributed by atoms with Crippen molar-refractivity contribution in [2.24, 2.45) is 0 Å². The summed E-state index contributed by atoms with van der Waals surface area (Å²) in [5.74, 6) is -2.06. The number of aryl methyl sites for hydroxylation is 1. The highest BCUT2D eigenvalue weighted by Crippen LogP contribution is 2.26. The zero-order valence-corrected chi connectivity index (χ0v) is 14.7. The van der Waals surface area contributed by atoms with E-state index in [1.54, 1.807) is 31.3 Å². The third-order valence-electron chi connectivity index (χ3n) is 4.19.